The number of anilines is 1. The molecular weight excluding hydrogens is 276 g/mol. The summed E-state index contributed by atoms with van der Waals surface area (Å²) in [6.07, 6.45) is 1.43. The minimum atomic E-state index is -4.20. The summed E-state index contributed by atoms with van der Waals surface area (Å²) in [5, 5.41) is 1.73. The van der Waals surface area contributed by atoms with Crippen LogP contribution in [0.3, 0.4) is 0 Å². The summed E-state index contributed by atoms with van der Waals surface area (Å²) in [7, 11) is -4.20. The molecule has 1 aromatic carbocycles. The number of thiazole rings is 1. The molecule has 0 spiro atoms. The third-order valence-corrected chi connectivity index (χ3v) is 3.47. The normalized spacial score (nSPS) is 10.9. The first kappa shape index (κ1) is 12.5. The molecule has 1 N–H and O–H groups in total. The maximum Gasteiger partial charge on any atom is 0.412 e. The molecule has 18 heavy (non-hydrogen) atoms. The molecule has 0 aliphatic carbocycles. The highest BCUT2D eigenvalue weighted by atomic mass is 32.2. The Morgan fingerprint density at radius 2 is 2.00 bits per heavy atom. The van der Waals surface area contributed by atoms with Crippen LogP contribution < -0.4 is 4.72 Å². The van der Waals surface area contributed by atoms with Gasteiger partial charge in [-0.05, 0) is 12.1 Å². The summed E-state index contributed by atoms with van der Waals surface area (Å²) in [4.78, 5) is 15.2. The average molecular weight is 284 g/mol. The first-order valence-corrected chi connectivity index (χ1v) is 7.07. The molecule has 1 aromatic heterocycles. The number of carbonyl (C=O) groups excluding carboxylic acids is 1. The summed E-state index contributed by atoms with van der Waals surface area (Å²) < 4.78 is 29.4. The van der Waals surface area contributed by atoms with Crippen LogP contribution in [0.4, 0.5) is 5.13 Å². The Morgan fingerprint density at radius 1 is 1.28 bits per heavy atom. The molecule has 0 saturated carbocycles. The molecule has 2 rings (SSSR count). The third-order valence-electron chi connectivity index (χ3n) is 1.84. The van der Waals surface area contributed by atoms with Gasteiger partial charge in [0.15, 0.2) is 5.13 Å². The molecular formula is C10H8N2O4S2. The summed E-state index contributed by atoms with van der Waals surface area (Å²) in [5.41, 5.74) is 0.155. The topological polar surface area (TPSA) is 85.4 Å². The van der Waals surface area contributed by atoms with Crippen molar-refractivity contribution in [1.82, 2.24) is 4.98 Å². The van der Waals surface area contributed by atoms with Crippen LogP contribution in [-0.4, -0.2) is 19.4 Å². The maximum absolute atomic E-state index is 11.5. The van der Waals surface area contributed by atoms with Crippen molar-refractivity contribution in [2.45, 2.75) is 0 Å². The predicted molar refractivity (Wildman–Crippen MR) is 66.5 cm³/mol. The molecule has 0 saturated heterocycles. The van der Waals surface area contributed by atoms with E-state index in [1.165, 1.54) is 18.3 Å². The Morgan fingerprint density at radius 3 is 2.61 bits per heavy atom. The molecule has 0 fully saturated rings. The number of hydrogen-bond acceptors (Lipinski definition) is 6. The highest BCUT2D eigenvalue weighted by Crippen LogP contribution is 2.13. The van der Waals surface area contributed by atoms with Crippen LogP contribution >= 0.6 is 11.3 Å². The van der Waals surface area contributed by atoms with E-state index in [2.05, 4.69) is 9.17 Å². The Hall–Kier alpha value is -1.93. The zero-order valence-electron chi connectivity index (χ0n) is 8.94. The molecule has 0 unspecified atom stereocenters. The van der Waals surface area contributed by atoms with Crippen molar-refractivity contribution in [2.75, 3.05) is 4.72 Å². The fourth-order valence-electron chi connectivity index (χ4n) is 1.12. The van der Waals surface area contributed by atoms with E-state index >= 15 is 0 Å². The van der Waals surface area contributed by atoms with Crippen molar-refractivity contribution in [3.63, 3.8) is 0 Å². The first-order valence-electron chi connectivity index (χ1n) is 4.78. The number of benzene rings is 1. The van der Waals surface area contributed by atoms with E-state index in [1.807, 2.05) is 4.72 Å². The van der Waals surface area contributed by atoms with Gasteiger partial charge in [-0.2, -0.15) is 8.42 Å². The second-order valence-corrected chi connectivity index (χ2v) is 5.30. The van der Waals surface area contributed by atoms with Gasteiger partial charge in [-0.1, -0.05) is 18.2 Å². The summed E-state index contributed by atoms with van der Waals surface area (Å²) in [5.74, 6) is -0.945. The number of hydrogen-bond donors (Lipinski definition) is 1. The van der Waals surface area contributed by atoms with Crippen molar-refractivity contribution in [2.24, 2.45) is 0 Å². The number of aromatic nitrogens is 1. The van der Waals surface area contributed by atoms with Gasteiger partial charge >= 0.3 is 16.3 Å². The lowest BCUT2D eigenvalue weighted by molar-refractivity contribution is 0.0748. The minimum absolute atomic E-state index is 0.135. The Labute approximate surface area is 108 Å². The van der Waals surface area contributed by atoms with Gasteiger partial charge in [-0.25, -0.2) is 14.5 Å². The van der Waals surface area contributed by atoms with E-state index in [9.17, 15) is 13.2 Å². The second-order valence-electron chi connectivity index (χ2n) is 3.13. The molecule has 94 valence electrons. The molecule has 2 aromatic rings. The molecule has 0 radical (unpaired) electrons. The molecule has 8 heteroatoms. The van der Waals surface area contributed by atoms with Crippen LogP contribution in [0.2, 0.25) is 0 Å². The minimum Gasteiger partial charge on any atom is -0.325 e. The van der Waals surface area contributed by atoms with E-state index < -0.39 is 16.3 Å². The summed E-state index contributed by atoms with van der Waals surface area (Å²) >= 11 is 1.08. The van der Waals surface area contributed by atoms with Gasteiger partial charge in [0.1, 0.15) is 0 Å². The zero-order chi connectivity index (χ0) is 13.0. The molecule has 6 nitrogen and oxygen atoms in total. The largest absolute Gasteiger partial charge is 0.412 e. The molecule has 0 aliphatic heterocycles. The number of nitrogens with zero attached hydrogens (tertiary/aromatic N) is 1. The Bertz CT molecular complexity index is 623. The Kier molecular flexibility index (Phi) is 3.58. The highest BCUT2D eigenvalue weighted by Gasteiger charge is 2.19. The fourth-order valence-corrected chi connectivity index (χ4v) is 2.60. The average Bonchev–Trinajstić information content (AvgIpc) is 2.81. The van der Waals surface area contributed by atoms with Gasteiger partial charge in [-0.3, -0.25) is 0 Å². The maximum atomic E-state index is 11.5. The second kappa shape index (κ2) is 5.15. The highest BCUT2D eigenvalue weighted by molar-refractivity contribution is 7.88. The molecule has 0 amide bonds. The van der Waals surface area contributed by atoms with Crippen molar-refractivity contribution < 1.29 is 17.4 Å². The number of rotatable bonds is 4. The SMILES string of the molecule is O=C(OS(=O)(=O)Nc1nccs1)c1ccccc1. The van der Waals surface area contributed by atoms with Crippen LogP contribution in [0.1, 0.15) is 10.4 Å². The van der Waals surface area contributed by atoms with Crippen molar-refractivity contribution in [1.29, 1.82) is 0 Å². The van der Waals surface area contributed by atoms with Gasteiger partial charge < -0.3 is 4.18 Å². The molecule has 0 atom stereocenters. The van der Waals surface area contributed by atoms with Gasteiger partial charge in [0, 0.05) is 11.6 Å². The van der Waals surface area contributed by atoms with Crippen LogP contribution in [0, 0.1) is 0 Å². The first-order chi connectivity index (χ1) is 8.57. The van der Waals surface area contributed by atoms with Gasteiger partial charge in [0.2, 0.25) is 0 Å². The fraction of sp³-hybridized carbons (Fsp3) is 0. The van der Waals surface area contributed by atoms with Crippen molar-refractivity contribution >= 4 is 32.7 Å². The van der Waals surface area contributed by atoms with E-state index in [4.69, 9.17) is 0 Å². The lowest BCUT2D eigenvalue weighted by Crippen LogP contribution is -2.20. The zero-order valence-corrected chi connectivity index (χ0v) is 10.6. The molecule has 0 bridgehead atoms. The lowest BCUT2D eigenvalue weighted by atomic mass is 10.2. The van der Waals surface area contributed by atoms with Gasteiger partial charge in [-0.15, -0.1) is 11.3 Å². The van der Waals surface area contributed by atoms with Crippen molar-refractivity contribution in [3.05, 3.63) is 47.5 Å². The van der Waals surface area contributed by atoms with E-state index in [0.29, 0.717) is 0 Å². The quantitative estimate of drug-likeness (QED) is 0.922. The number of carbonyl (C=O) groups is 1. The van der Waals surface area contributed by atoms with Crippen LogP contribution in [0.15, 0.2) is 41.9 Å². The van der Waals surface area contributed by atoms with Crippen molar-refractivity contribution in [3.8, 4) is 0 Å². The predicted octanol–water partition coefficient (Wildman–Crippen LogP) is 1.66. The Balaban J connectivity index is 2.07. The van der Waals surface area contributed by atoms with E-state index in [0.717, 1.165) is 11.3 Å². The van der Waals surface area contributed by atoms with Crippen LogP contribution in [0.5, 0.6) is 0 Å². The van der Waals surface area contributed by atoms with Gasteiger partial charge in [0.25, 0.3) is 0 Å². The van der Waals surface area contributed by atoms with E-state index in [1.54, 1.807) is 23.6 Å². The van der Waals surface area contributed by atoms with Crippen LogP contribution in [-0.2, 0) is 14.5 Å². The van der Waals surface area contributed by atoms with Gasteiger partial charge in [0.05, 0.1) is 5.56 Å². The summed E-state index contributed by atoms with van der Waals surface area (Å²) in [6.45, 7) is 0. The molecule has 1 heterocycles. The third kappa shape index (κ3) is 3.28. The van der Waals surface area contributed by atoms with Crippen LogP contribution in [0.25, 0.3) is 0 Å². The summed E-state index contributed by atoms with van der Waals surface area (Å²) in [6, 6.07) is 7.84. The smallest absolute Gasteiger partial charge is 0.325 e. The monoisotopic (exact) mass is 284 g/mol. The van der Waals surface area contributed by atoms with E-state index in [-0.39, 0.29) is 10.7 Å². The lowest BCUT2D eigenvalue weighted by Gasteiger charge is -2.05. The molecule has 0 aliphatic rings. The standard InChI is InChI=1S/C10H8N2O4S2/c13-9(8-4-2-1-3-5-8)16-18(14,15)12-10-11-6-7-17-10/h1-7H,(H,11,12). The number of nitrogens with one attached hydrogen (secondary N) is 1.